The van der Waals surface area contributed by atoms with Crippen LogP contribution in [0.25, 0.3) is 33.4 Å². The van der Waals surface area contributed by atoms with Crippen molar-refractivity contribution in [1.82, 2.24) is 4.58 Å². The molecule has 0 saturated carbocycles. The van der Waals surface area contributed by atoms with Crippen molar-refractivity contribution in [1.29, 1.82) is 0 Å². The molecule has 6 rings (SSSR count). The van der Waals surface area contributed by atoms with E-state index in [4.69, 9.17) is 4.42 Å². The second-order valence-electron chi connectivity index (χ2n) is 8.89. The Labute approximate surface area is 195 Å². The van der Waals surface area contributed by atoms with Crippen LogP contribution in [0.4, 0.5) is 5.69 Å². The zero-order valence-corrected chi connectivity index (χ0v) is 18.5. The van der Waals surface area contributed by atoms with Gasteiger partial charge in [0, 0.05) is 47.4 Å². The third kappa shape index (κ3) is 3.23. The fourth-order valence-corrected chi connectivity index (χ4v) is 4.77. The molecule has 170 valence electrons. The molecule has 2 N–H and O–H groups in total. The number of carboxylic acid groups (broad SMARTS) is 2. The van der Waals surface area contributed by atoms with Gasteiger partial charge in [-0.2, -0.15) is 0 Å². The summed E-state index contributed by atoms with van der Waals surface area (Å²) >= 11 is 0. The molecule has 7 nitrogen and oxygen atoms in total. The molecule has 0 bridgehead atoms. The zero-order chi connectivity index (χ0) is 23.4. The Bertz CT molecular complexity index is 1520. The van der Waals surface area contributed by atoms with Crippen LogP contribution in [0.5, 0.6) is 0 Å². The summed E-state index contributed by atoms with van der Waals surface area (Å²) in [6, 6.07) is 16.3. The Balaban J connectivity index is 1.68. The molecule has 7 heteroatoms. The molecular formula is C27H23N2O5+. The maximum atomic E-state index is 12.2. The summed E-state index contributed by atoms with van der Waals surface area (Å²) in [5, 5.41) is 21.2. The first-order valence-electron chi connectivity index (χ1n) is 11.4. The maximum Gasteiger partial charge on any atom is 0.336 e. The standard InChI is InChI=1S/C27H22N2O5/c30-26(31)16-3-6-19(22(13-16)27(32)33)25-20-7-4-17(28-9-1-10-28)14-23(20)34-24-15-18(5-8-21(24)25)29-11-2-12-29/h3-8,13-15H,1-2,9-12H2,(H-,30,31,32,33)/p+1. The van der Waals surface area contributed by atoms with Crippen LogP contribution in [0.1, 0.15) is 33.6 Å². The Morgan fingerprint density at radius 2 is 1.65 bits per heavy atom. The van der Waals surface area contributed by atoms with Crippen LogP contribution in [-0.2, 0) is 0 Å². The lowest BCUT2D eigenvalue weighted by Gasteiger charge is -2.33. The molecule has 0 spiro atoms. The van der Waals surface area contributed by atoms with Gasteiger partial charge in [0.05, 0.1) is 23.6 Å². The summed E-state index contributed by atoms with van der Waals surface area (Å²) in [6.45, 7) is 4.02. The van der Waals surface area contributed by atoms with E-state index in [1.807, 2.05) is 36.4 Å². The normalized spacial score (nSPS) is 15.3. The highest BCUT2D eigenvalue weighted by atomic mass is 16.4. The zero-order valence-electron chi connectivity index (χ0n) is 18.5. The van der Waals surface area contributed by atoms with Gasteiger partial charge in [0.25, 0.3) is 0 Å². The summed E-state index contributed by atoms with van der Waals surface area (Å²) < 4.78 is 8.67. The molecule has 0 aromatic heterocycles. The number of hydrogen-bond acceptors (Lipinski definition) is 4. The van der Waals surface area contributed by atoms with Gasteiger partial charge in [-0.05, 0) is 42.3 Å². The van der Waals surface area contributed by atoms with Crippen LogP contribution in [0.15, 0.2) is 59.0 Å². The molecule has 2 fully saturated rings. The number of benzene rings is 3. The van der Waals surface area contributed by atoms with Gasteiger partial charge in [0.2, 0.25) is 5.36 Å². The van der Waals surface area contributed by atoms with E-state index in [0.717, 1.165) is 66.6 Å². The number of carboxylic acids is 2. The summed E-state index contributed by atoms with van der Waals surface area (Å²) in [5.41, 5.74) is 3.63. The van der Waals surface area contributed by atoms with Crippen LogP contribution in [-0.4, -0.2) is 48.3 Å². The minimum atomic E-state index is -1.17. The molecule has 0 radical (unpaired) electrons. The van der Waals surface area contributed by atoms with Gasteiger partial charge in [0.1, 0.15) is 24.4 Å². The highest BCUT2D eigenvalue weighted by Gasteiger charge is 2.25. The molecule has 4 aliphatic rings. The molecule has 3 aliphatic heterocycles. The van der Waals surface area contributed by atoms with Crippen molar-refractivity contribution in [2.75, 3.05) is 31.1 Å². The third-order valence-corrected chi connectivity index (χ3v) is 6.90. The fraction of sp³-hybridized carbons (Fsp3) is 0.222. The lowest BCUT2D eigenvalue weighted by molar-refractivity contribution is 0.0696. The van der Waals surface area contributed by atoms with Crippen molar-refractivity contribution in [3.05, 3.63) is 71.1 Å². The smallest absolute Gasteiger partial charge is 0.336 e. The van der Waals surface area contributed by atoms with Crippen molar-refractivity contribution < 1.29 is 24.2 Å². The summed E-state index contributed by atoms with van der Waals surface area (Å²) in [7, 11) is 0. The van der Waals surface area contributed by atoms with Gasteiger partial charge in [-0.15, -0.1) is 0 Å². The van der Waals surface area contributed by atoms with Gasteiger partial charge < -0.3 is 19.5 Å². The first-order chi connectivity index (χ1) is 16.5. The number of anilines is 1. The maximum absolute atomic E-state index is 12.2. The van der Waals surface area contributed by atoms with E-state index in [0.29, 0.717) is 16.9 Å². The lowest BCUT2D eigenvalue weighted by atomic mass is 9.89. The van der Waals surface area contributed by atoms with Crippen LogP contribution in [0.3, 0.4) is 0 Å². The van der Waals surface area contributed by atoms with Crippen LogP contribution < -0.4 is 14.8 Å². The topological polar surface area (TPSA) is 94.0 Å². The lowest BCUT2D eigenvalue weighted by Crippen LogP contribution is -2.40. The van der Waals surface area contributed by atoms with E-state index in [1.54, 1.807) is 6.07 Å². The Hall–Kier alpha value is -4.13. The van der Waals surface area contributed by atoms with Crippen molar-refractivity contribution in [2.45, 2.75) is 12.8 Å². The SMILES string of the molecule is O=C(O)c1ccc(-c2c3ccc(=[N+]4CCC4)cc-3oc3cc(N4CCC4)ccc23)c(C(=O)O)c1. The predicted molar refractivity (Wildman–Crippen MR) is 129 cm³/mol. The number of carbonyl (C=O) groups is 2. The first-order valence-corrected chi connectivity index (χ1v) is 11.4. The van der Waals surface area contributed by atoms with Gasteiger partial charge in [-0.1, -0.05) is 6.07 Å². The van der Waals surface area contributed by atoms with E-state index in [-0.39, 0.29) is 11.1 Å². The van der Waals surface area contributed by atoms with E-state index < -0.39 is 11.9 Å². The van der Waals surface area contributed by atoms with E-state index >= 15 is 0 Å². The molecule has 3 heterocycles. The van der Waals surface area contributed by atoms with Crippen LogP contribution in [0, 0.1) is 0 Å². The molecule has 34 heavy (non-hydrogen) atoms. The van der Waals surface area contributed by atoms with Crippen molar-refractivity contribution >= 4 is 28.6 Å². The number of hydrogen-bond donors (Lipinski definition) is 2. The molecule has 0 amide bonds. The summed E-state index contributed by atoms with van der Waals surface area (Å²) in [6.07, 6.45) is 2.32. The van der Waals surface area contributed by atoms with Gasteiger partial charge in [0.15, 0.2) is 0 Å². The monoisotopic (exact) mass is 455 g/mol. The summed E-state index contributed by atoms with van der Waals surface area (Å²) in [4.78, 5) is 26.0. The first kappa shape index (κ1) is 20.5. The minimum absolute atomic E-state index is 0.0488. The Morgan fingerprint density at radius 3 is 2.29 bits per heavy atom. The van der Waals surface area contributed by atoms with Crippen LogP contribution in [0.2, 0.25) is 0 Å². The molecule has 2 saturated heterocycles. The molecule has 1 aliphatic carbocycles. The van der Waals surface area contributed by atoms with E-state index in [9.17, 15) is 19.8 Å². The molecule has 2 aromatic rings. The third-order valence-electron chi connectivity index (χ3n) is 6.90. The van der Waals surface area contributed by atoms with Gasteiger partial charge in [-0.3, -0.25) is 0 Å². The molecule has 2 aromatic carbocycles. The second-order valence-corrected chi connectivity index (χ2v) is 8.89. The van der Waals surface area contributed by atoms with E-state index in [2.05, 4.69) is 9.48 Å². The van der Waals surface area contributed by atoms with E-state index in [1.165, 1.54) is 12.1 Å². The Morgan fingerprint density at radius 1 is 0.853 bits per heavy atom. The predicted octanol–water partition coefficient (Wildman–Crippen LogP) is 3.99. The van der Waals surface area contributed by atoms with Crippen molar-refractivity contribution in [2.24, 2.45) is 0 Å². The second kappa shape index (κ2) is 7.73. The number of aromatic carboxylic acids is 2. The van der Waals surface area contributed by atoms with Gasteiger partial charge >= 0.3 is 11.9 Å². The Kier molecular flexibility index (Phi) is 4.65. The highest BCUT2D eigenvalue weighted by molar-refractivity contribution is 6.08. The van der Waals surface area contributed by atoms with Crippen LogP contribution >= 0.6 is 0 Å². The molecular weight excluding hydrogens is 432 g/mol. The minimum Gasteiger partial charge on any atom is -0.478 e. The average Bonchev–Trinajstić information content (AvgIpc) is 2.74. The summed E-state index contributed by atoms with van der Waals surface area (Å²) in [5.74, 6) is -1.66. The van der Waals surface area contributed by atoms with Gasteiger partial charge in [-0.25, -0.2) is 14.2 Å². The molecule has 0 atom stereocenters. The number of rotatable bonds is 4. The number of fused-ring (bicyclic) bond motifs is 2. The average molecular weight is 455 g/mol. The quantitative estimate of drug-likeness (QED) is 0.357. The van der Waals surface area contributed by atoms with Crippen molar-refractivity contribution in [3.63, 3.8) is 0 Å². The van der Waals surface area contributed by atoms with Crippen molar-refractivity contribution in [3.8, 4) is 22.5 Å². The highest BCUT2D eigenvalue weighted by Crippen LogP contribution is 2.42. The largest absolute Gasteiger partial charge is 0.478 e. The number of nitrogens with zero attached hydrogens (tertiary/aromatic N) is 2. The fourth-order valence-electron chi connectivity index (χ4n) is 4.77. The molecule has 0 unspecified atom stereocenters.